The Bertz CT molecular complexity index is 1630. The molecule has 0 aliphatic carbocycles. The normalized spacial score (nSPS) is 20.2. The summed E-state index contributed by atoms with van der Waals surface area (Å²) < 4.78 is 14.0. The maximum absolute atomic E-state index is 14.0. The Morgan fingerprint density at radius 1 is 0.974 bits per heavy atom. The van der Waals surface area contributed by atoms with E-state index in [1.807, 2.05) is 17.0 Å². The molecule has 8 heteroatoms. The van der Waals surface area contributed by atoms with E-state index in [0.29, 0.717) is 30.6 Å². The molecule has 0 saturated carbocycles. The first-order valence-electron chi connectivity index (χ1n) is 13.4. The van der Waals surface area contributed by atoms with Crippen LogP contribution in [0.3, 0.4) is 0 Å². The van der Waals surface area contributed by atoms with E-state index in [1.54, 1.807) is 30.3 Å². The molecular weight excluding hydrogens is 495 g/mol. The standard InChI is InChI=1S/C31H27FN4O3/c32-20-9-10-26-24(15-20)25-16-35(14-12-27(25)33-26)29(37)18-34-13-11-19-5-1-2-6-21(19)28(34)17-36-30(38)22-7-3-4-8-23(22)31(36)39/h1-10,15,28,33H,11-14,16-18H2/p+1/t28-/m0/s1. The second kappa shape index (κ2) is 9.17. The van der Waals surface area contributed by atoms with Crippen LogP contribution in [0.15, 0.2) is 66.7 Å². The van der Waals surface area contributed by atoms with Crippen molar-refractivity contribution in [3.05, 3.63) is 106 Å². The minimum absolute atomic E-state index is 0.0214. The topological polar surface area (TPSA) is 77.9 Å². The third-order valence-electron chi connectivity index (χ3n) is 8.55. The third kappa shape index (κ3) is 3.94. The zero-order valence-electron chi connectivity index (χ0n) is 21.4. The largest absolute Gasteiger partial charge is 0.358 e. The molecule has 2 N–H and O–H groups in total. The Labute approximate surface area is 224 Å². The molecular formula is C31H28FN4O3+. The summed E-state index contributed by atoms with van der Waals surface area (Å²) in [6, 6.07) is 19.6. The van der Waals surface area contributed by atoms with Crippen LogP contribution >= 0.6 is 0 Å². The van der Waals surface area contributed by atoms with Gasteiger partial charge in [0.2, 0.25) is 0 Å². The van der Waals surface area contributed by atoms with Gasteiger partial charge in [0, 0.05) is 53.7 Å². The predicted molar refractivity (Wildman–Crippen MR) is 143 cm³/mol. The molecule has 1 aromatic heterocycles. The number of imide groups is 1. The Morgan fingerprint density at radius 2 is 1.72 bits per heavy atom. The number of aromatic amines is 1. The van der Waals surface area contributed by atoms with Crippen LogP contribution in [0.1, 0.15) is 49.1 Å². The molecule has 4 aromatic rings. The van der Waals surface area contributed by atoms with E-state index in [0.717, 1.165) is 45.6 Å². The van der Waals surface area contributed by atoms with Crippen molar-refractivity contribution in [2.75, 3.05) is 26.2 Å². The van der Waals surface area contributed by atoms with Gasteiger partial charge in [-0.3, -0.25) is 19.3 Å². The van der Waals surface area contributed by atoms with Crippen molar-refractivity contribution >= 4 is 28.6 Å². The van der Waals surface area contributed by atoms with Gasteiger partial charge in [-0.25, -0.2) is 4.39 Å². The van der Waals surface area contributed by atoms with E-state index < -0.39 is 0 Å². The number of quaternary nitrogens is 1. The summed E-state index contributed by atoms with van der Waals surface area (Å²) in [5, 5.41) is 0.824. The van der Waals surface area contributed by atoms with E-state index >= 15 is 0 Å². The molecule has 3 aliphatic heterocycles. The molecule has 0 bridgehead atoms. The van der Waals surface area contributed by atoms with Gasteiger partial charge in [-0.1, -0.05) is 36.4 Å². The van der Waals surface area contributed by atoms with Crippen molar-refractivity contribution in [1.82, 2.24) is 14.8 Å². The predicted octanol–water partition coefficient (Wildman–Crippen LogP) is 2.67. The number of rotatable bonds is 4. The fraction of sp³-hybridized carbons (Fsp3) is 0.258. The minimum Gasteiger partial charge on any atom is -0.358 e. The fourth-order valence-electron chi connectivity index (χ4n) is 6.52. The quantitative estimate of drug-likeness (QED) is 0.404. The van der Waals surface area contributed by atoms with Crippen LogP contribution in [0.25, 0.3) is 10.9 Å². The zero-order valence-corrected chi connectivity index (χ0v) is 21.4. The van der Waals surface area contributed by atoms with Crippen molar-refractivity contribution in [3.8, 4) is 0 Å². The Kier molecular flexibility index (Phi) is 5.59. The number of carbonyl (C=O) groups is 3. The summed E-state index contributed by atoms with van der Waals surface area (Å²) in [7, 11) is 0. The molecule has 7 nitrogen and oxygen atoms in total. The molecule has 0 spiro atoms. The SMILES string of the molecule is O=C(C[NH+]1CCc2ccccc2[C@@H]1CN1C(=O)c2ccccc2C1=O)N1CCc2[nH]c3ccc(F)cc3c2C1. The molecule has 3 amide bonds. The third-order valence-corrected chi connectivity index (χ3v) is 8.55. The van der Waals surface area contributed by atoms with Crippen molar-refractivity contribution in [2.24, 2.45) is 0 Å². The van der Waals surface area contributed by atoms with Gasteiger partial charge in [0.05, 0.1) is 24.2 Å². The summed E-state index contributed by atoms with van der Waals surface area (Å²) in [5.74, 6) is -0.827. The number of hydrogen-bond acceptors (Lipinski definition) is 3. The fourth-order valence-corrected chi connectivity index (χ4v) is 6.52. The van der Waals surface area contributed by atoms with Crippen LogP contribution < -0.4 is 4.90 Å². The molecule has 1 unspecified atom stereocenters. The Morgan fingerprint density at radius 3 is 2.51 bits per heavy atom. The summed E-state index contributed by atoms with van der Waals surface area (Å²) >= 11 is 0. The number of nitrogens with one attached hydrogen (secondary N) is 2. The average Bonchev–Trinajstić information content (AvgIpc) is 3.43. The molecule has 3 aliphatic rings. The van der Waals surface area contributed by atoms with Gasteiger partial charge in [-0.05, 0) is 35.9 Å². The lowest BCUT2D eigenvalue weighted by molar-refractivity contribution is -0.925. The van der Waals surface area contributed by atoms with Crippen molar-refractivity contribution in [1.29, 1.82) is 0 Å². The van der Waals surface area contributed by atoms with Crippen LogP contribution in [0, 0.1) is 5.82 Å². The van der Waals surface area contributed by atoms with Crippen LogP contribution in [-0.2, 0) is 24.2 Å². The van der Waals surface area contributed by atoms with E-state index in [4.69, 9.17) is 0 Å². The monoisotopic (exact) mass is 523 g/mol. The highest BCUT2D eigenvalue weighted by Gasteiger charge is 2.41. The molecule has 0 fully saturated rings. The Balaban J connectivity index is 1.14. The summed E-state index contributed by atoms with van der Waals surface area (Å²) in [4.78, 5) is 47.7. The van der Waals surface area contributed by atoms with Gasteiger partial charge >= 0.3 is 0 Å². The number of hydrogen-bond donors (Lipinski definition) is 2. The van der Waals surface area contributed by atoms with Crippen LogP contribution in [0.5, 0.6) is 0 Å². The summed E-state index contributed by atoms with van der Waals surface area (Å²) in [6.45, 7) is 2.23. The van der Waals surface area contributed by atoms with Crippen molar-refractivity contribution in [2.45, 2.75) is 25.4 Å². The average molecular weight is 524 g/mol. The number of amides is 3. The van der Waals surface area contributed by atoms with Gasteiger partial charge < -0.3 is 14.8 Å². The van der Waals surface area contributed by atoms with E-state index in [2.05, 4.69) is 17.1 Å². The van der Waals surface area contributed by atoms with Crippen molar-refractivity contribution in [3.63, 3.8) is 0 Å². The van der Waals surface area contributed by atoms with Crippen LogP contribution in [0.4, 0.5) is 4.39 Å². The van der Waals surface area contributed by atoms with Gasteiger partial charge in [0.1, 0.15) is 11.9 Å². The van der Waals surface area contributed by atoms with Gasteiger partial charge in [-0.15, -0.1) is 0 Å². The lowest BCUT2D eigenvalue weighted by Gasteiger charge is -2.37. The molecule has 7 rings (SSSR count). The lowest BCUT2D eigenvalue weighted by Crippen LogP contribution is -3.15. The second-order valence-electron chi connectivity index (χ2n) is 10.7. The number of benzene rings is 3. The number of carbonyl (C=O) groups excluding carboxylic acids is 3. The highest BCUT2D eigenvalue weighted by atomic mass is 19.1. The van der Waals surface area contributed by atoms with E-state index in [1.165, 1.54) is 22.6 Å². The van der Waals surface area contributed by atoms with Gasteiger partial charge in [-0.2, -0.15) is 0 Å². The number of fused-ring (bicyclic) bond motifs is 5. The lowest BCUT2D eigenvalue weighted by atomic mass is 9.92. The number of aromatic nitrogens is 1. The summed E-state index contributed by atoms with van der Waals surface area (Å²) in [6.07, 6.45) is 1.51. The molecule has 4 heterocycles. The second-order valence-corrected chi connectivity index (χ2v) is 10.7. The number of H-pyrrole nitrogens is 1. The van der Waals surface area contributed by atoms with Crippen molar-refractivity contribution < 1.29 is 23.7 Å². The smallest absolute Gasteiger partial charge is 0.278 e. The molecule has 3 aromatic carbocycles. The summed E-state index contributed by atoms with van der Waals surface area (Å²) in [5.41, 5.74) is 6.06. The highest BCUT2D eigenvalue weighted by molar-refractivity contribution is 6.21. The van der Waals surface area contributed by atoms with Gasteiger partial charge in [0.25, 0.3) is 17.7 Å². The first-order chi connectivity index (χ1) is 19.0. The molecule has 196 valence electrons. The molecule has 0 radical (unpaired) electrons. The first kappa shape index (κ1) is 23.8. The highest BCUT2D eigenvalue weighted by Crippen LogP contribution is 2.29. The number of nitrogens with zero attached hydrogens (tertiary/aromatic N) is 2. The molecule has 0 saturated heterocycles. The van der Waals surface area contributed by atoms with Crippen LogP contribution in [-0.4, -0.2) is 58.7 Å². The van der Waals surface area contributed by atoms with Gasteiger partial charge in [0.15, 0.2) is 6.54 Å². The Hall–Kier alpha value is -4.30. The van der Waals surface area contributed by atoms with E-state index in [-0.39, 0.29) is 42.7 Å². The molecule has 39 heavy (non-hydrogen) atoms. The maximum Gasteiger partial charge on any atom is 0.278 e. The number of halogens is 1. The van der Waals surface area contributed by atoms with E-state index in [9.17, 15) is 18.8 Å². The maximum atomic E-state index is 14.0. The van der Waals surface area contributed by atoms with Crippen LogP contribution in [0.2, 0.25) is 0 Å². The minimum atomic E-state index is -0.292. The zero-order chi connectivity index (χ0) is 26.7. The first-order valence-corrected chi connectivity index (χ1v) is 13.4. The molecule has 2 atom stereocenters.